The maximum Gasteiger partial charge on any atom is 0.250 e. The van der Waals surface area contributed by atoms with E-state index in [-0.39, 0.29) is 29.3 Å². The summed E-state index contributed by atoms with van der Waals surface area (Å²) < 4.78 is 13.4. The quantitative estimate of drug-likeness (QED) is 0.898. The number of hydrogen-bond acceptors (Lipinski definition) is 2. The molecular weight excluding hydrogens is 271 g/mol. The molecule has 19 heavy (non-hydrogen) atoms. The van der Waals surface area contributed by atoms with Crippen molar-refractivity contribution in [2.75, 3.05) is 11.4 Å². The van der Waals surface area contributed by atoms with Crippen LogP contribution >= 0.6 is 11.6 Å². The summed E-state index contributed by atoms with van der Waals surface area (Å²) in [7, 11) is 0. The summed E-state index contributed by atoms with van der Waals surface area (Å²) in [5.41, 5.74) is 0.329. The highest BCUT2D eigenvalue weighted by atomic mass is 35.5. The van der Waals surface area contributed by atoms with Gasteiger partial charge in [0.25, 0.3) is 0 Å². The predicted octanol–water partition coefficient (Wildman–Crippen LogP) is 1.72. The van der Waals surface area contributed by atoms with Gasteiger partial charge in [-0.1, -0.05) is 11.6 Å². The van der Waals surface area contributed by atoms with Crippen molar-refractivity contribution in [2.24, 2.45) is 5.92 Å². The minimum atomic E-state index is -0.524. The highest BCUT2D eigenvalue weighted by molar-refractivity contribution is 6.31. The minimum absolute atomic E-state index is 0.0954. The number of benzene rings is 1. The Bertz CT molecular complexity index is 539. The summed E-state index contributed by atoms with van der Waals surface area (Å²) in [6, 6.07) is 3.39. The van der Waals surface area contributed by atoms with Gasteiger partial charge in [-0.05, 0) is 37.0 Å². The summed E-state index contributed by atoms with van der Waals surface area (Å²) in [6.45, 7) is -0.0954. The van der Waals surface area contributed by atoms with E-state index in [1.807, 2.05) is 0 Å². The monoisotopic (exact) mass is 282 g/mol. The van der Waals surface area contributed by atoms with Crippen molar-refractivity contribution in [3.05, 3.63) is 29.0 Å². The number of rotatable bonds is 2. The van der Waals surface area contributed by atoms with E-state index < -0.39 is 11.9 Å². The zero-order valence-electron chi connectivity index (χ0n) is 10.0. The number of piperazine rings is 1. The fraction of sp³-hybridized carbons (Fsp3) is 0.385. The van der Waals surface area contributed by atoms with Gasteiger partial charge < -0.3 is 10.2 Å². The predicted molar refractivity (Wildman–Crippen MR) is 68.4 cm³/mol. The summed E-state index contributed by atoms with van der Waals surface area (Å²) >= 11 is 5.79. The van der Waals surface area contributed by atoms with Gasteiger partial charge in [0.15, 0.2) is 0 Å². The van der Waals surface area contributed by atoms with Gasteiger partial charge in [0, 0.05) is 10.7 Å². The van der Waals surface area contributed by atoms with Crippen molar-refractivity contribution in [2.45, 2.75) is 18.9 Å². The molecule has 2 aliphatic rings. The molecule has 1 aliphatic carbocycles. The molecule has 1 atom stereocenters. The van der Waals surface area contributed by atoms with Gasteiger partial charge in [-0.3, -0.25) is 9.59 Å². The van der Waals surface area contributed by atoms with Crippen molar-refractivity contribution in [1.82, 2.24) is 5.32 Å². The van der Waals surface area contributed by atoms with Crippen LogP contribution < -0.4 is 10.2 Å². The van der Waals surface area contributed by atoms with Crippen LogP contribution in [0.4, 0.5) is 10.1 Å². The summed E-state index contributed by atoms with van der Waals surface area (Å²) in [6.07, 6.45) is 1.88. The number of halogens is 2. The normalized spacial score (nSPS) is 23.5. The maximum atomic E-state index is 13.4. The van der Waals surface area contributed by atoms with E-state index in [1.54, 1.807) is 0 Å². The van der Waals surface area contributed by atoms with Crippen molar-refractivity contribution >= 4 is 29.1 Å². The van der Waals surface area contributed by atoms with Gasteiger partial charge in [0.1, 0.15) is 18.4 Å². The third-order valence-electron chi connectivity index (χ3n) is 3.40. The molecule has 6 heteroatoms. The summed E-state index contributed by atoms with van der Waals surface area (Å²) in [5, 5.41) is 2.91. The Kier molecular flexibility index (Phi) is 2.93. The number of carbonyl (C=O) groups excluding carboxylic acids is 2. The van der Waals surface area contributed by atoms with E-state index >= 15 is 0 Å². The summed E-state index contributed by atoms with van der Waals surface area (Å²) in [5.74, 6) is -0.729. The first-order chi connectivity index (χ1) is 9.04. The Morgan fingerprint density at radius 1 is 1.26 bits per heavy atom. The number of nitrogens with zero attached hydrogens (tertiary/aromatic N) is 1. The molecule has 1 unspecified atom stereocenters. The molecule has 4 nitrogen and oxygen atoms in total. The molecule has 1 N–H and O–H groups in total. The van der Waals surface area contributed by atoms with E-state index in [0.717, 1.165) is 18.9 Å². The molecule has 0 aromatic heterocycles. The zero-order valence-corrected chi connectivity index (χ0v) is 10.8. The SMILES string of the molecule is O=C1CN(c2cc(F)cc(Cl)c2)C(=O)C(C2CC2)N1. The standard InChI is InChI=1S/C13H12ClFN2O2/c14-8-3-9(15)5-10(4-8)17-6-11(18)16-12(13(17)19)7-1-2-7/h3-5,7,12H,1-2,6H2,(H,16,18). The topological polar surface area (TPSA) is 49.4 Å². The summed E-state index contributed by atoms with van der Waals surface area (Å²) in [4.78, 5) is 25.3. The molecule has 1 aromatic rings. The largest absolute Gasteiger partial charge is 0.342 e. The van der Waals surface area contributed by atoms with E-state index in [9.17, 15) is 14.0 Å². The molecule has 1 saturated heterocycles. The average molecular weight is 283 g/mol. The van der Waals surface area contributed by atoms with E-state index in [4.69, 9.17) is 11.6 Å². The van der Waals surface area contributed by atoms with Crippen LogP contribution in [0.5, 0.6) is 0 Å². The first-order valence-corrected chi connectivity index (χ1v) is 6.49. The fourth-order valence-electron chi connectivity index (χ4n) is 2.33. The Labute approximate surface area is 114 Å². The molecule has 1 aromatic carbocycles. The van der Waals surface area contributed by atoms with Crippen LogP contribution in [0.1, 0.15) is 12.8 Å². The maximum absolute atomic E-state index is 13.4. The second-order valence-electron chi connectivity index (χ2n) is 4.93. The Morgan fingerprint density at radius 3 is 2.63 bits per heavy atom. The lowest BCUT2D eigenvalue weighted by Gasteiger charge is -2.32. The minimum Gasteiger partial charge on any atom is -0.342 e. The molecular formula is C13H12ClFN2O2. The van der Waals surface area contributed by atoms with Gasteiger partial charge in [-0.25, -0.2) is 4.39 Å². The van der Waals surface area contributed by atoms with Crippen LogP contribution in [0.15, 0.2) is 18.2 Å². The van der Waals surface area contributed by atoms with Crippen LogP contribution in [-0.2, 0) is 9.59 Å². The Morgan fingerprint density at radius 2 is 2.00 bits per heavy atom. The molecule has 1 aliphatic heterocycles. The Hall–Kier alpha value is -1.62. The zero-order chi connectivity index (χ0) is 13.6. The number of amides is 2. The molecule has 2 fully saturated rings. The lowest BCUT2D eigenvalue weighted by atomic mass is 10.1. The van der Waals surface area contributed by atoms with Crippen molar-refractivity contribution in [3.63, 3.8) is 0 Å². The van der Waals surface area contributed by atoms with Crippen LogP contribution in [0.2, 0.25) is 5.02 Å². The van der Waals surface area contributed by atoms with Crippen molar-refractivity contribution in [1.29, 1.82) is 0 Å². The third kappa shape index (κ3) is 2.42. The van der Waals surface area contributed by atoms with Crippen LogP contribution in [0.3, 0.4) is 0 Å². The molecule has 0 radical (unpaired) electrons. The van der Waals surface area contributed by atoms with E-state index in [1.165, 1.54) is 17.0 Å². The second kappa shape index (κ2) is 4.49. The third-order valence-corrected chi connectivity index (χ3v) is 3.62. The van der Waals surface area contributed by atoms with Gasteiger partial charge in [0.05, 0.1) is 0 Å². The van der Waals surface area contributed by atoms with Gasteiger partial charge in [0.2, 0.25) is 11.8 Å². The molecule has 100 valence electrons. The first-order valence-electron chi connectivity index (χ1n) is 6.11. The number of hydrogen-bond donors (Lipinski definition) is 1. The fourth-order valence-corrected chi connectivity index (χ4v) is 2.55. The van der Waals surface area contributed by atoms with Gasteiger partial charge in [-0.2, -0.15) is 0 Å². The molecule has 0 bridgehead atoms. The number of carbonyl (C=O) groups is 2. The van der Waals surface area contributed by atoms with E-state index in [2.05, 4.69) is 5.32 Å². The van der Waals surface area contributed by atoms with Crippen molar-refractivity contribution in [3.8, 4) is 0 Å². The second-order valence-corrected chi connectivity index (χ2v) is 5.37. The Balaban J connectivity index is 1.93. The molecule has 0 spiro atoms. The smallest absolute Gasteiger partial charge is 0.250 e. The van der Waals surface area contributed by atoms with Gasteiger partial charge in [-0.15, -0.1) is 0 Å². The highest BCUT2D eigenvalue weighted by Crippen LogP contribution is 2.35. The molecule has 1 saturated carbocycles. The molecule has 1 heterocycles. The van der Waals surface area contributed by atoms with Crippen LogP contribution in [-0.4, -0.2) is 24.4 Å². The first kappa shape index (κ1) is 12.4. The number of anilines is 1. The van der Waals surface area contributed by atoms with Crippen LogP contribution in [0.25, 0.3) is 0 Å². The van der Waals surface area contributed by atoms with Gasteiger partial charge >= 0.3 is 0 Å². The lowest BCUT2D eigenvalue weighted by molar-refractivity contribution is -0.131. The van der Waals surface area contributed by atoms with E-state index in [0.29, 0.717) is 5.69 Å². The highest BCUT2D eigenvalue weighted by Gasteiger charge is 2.43. The molecule has 2 amide bonds. The van der Waals surface area contributed by atoms with Crippen LogP contribution in [0, 0.1) is 11.7 Å². The van der Waals surface area contributed by atoms with Crippen molar-refractivity contribution < 1.29 is 14.0 Å². The lowest BCUT2D eigenvalue weighted by Crippen LogP contribution is -2.59. The molecule has 3 rings (SSSR count). The number of nitrogens with one attached hydrogen (secondary N) is 1. The average Bonchev–Trinajstić information content (AvgIpc) is 3.14.